The number of ether oxygens (including phenoxy) is 1. The predicted molar refractivity (Wildman–Crippen MR) is 117 cm³/mol. The van der Waals surface area contributed by atoms with E-state index in [-0.39, 0.29) is 5.56 Å². The molecule has 0 aliphatic carbocycles. The molecular weight excluding hydrogens is 400 g/mol. The van der Waals surface area contributed by atoms with Crippen molar-refractivity contribution < 1.29 is 4.74 Å². The minimum Gasteiger partial charge on any atom is -0.494 e. The summed E-state index contributed by atoms with van der Waals surface area (Å²) in [7, 11) is 0. The zero-order valence-corrected chi connectivity index (χ0v) is 17.4. The normalized spacial score (nSPS) is 11.7. The van der Waals surface area contributed by atoms with E-state index in [9.17, 15) is 4.79 Å². The van der Waals surface area contributed by atoms with Crippen molar-refractivity contribution in [3.8, 4) is 5.75 Å². The van der Waals surface area contributed by atoms with Gasteiger partial charge < -0.3 is 9.72 Å². The van der Waals surface area contributed by atoms with Gasteiger partial charge in [0.1, 0.15) is 11.6 Å². The maximum Gasteiger partial charge on any atom is 0.262 e. The molecule has 0 atom stereocenters. The van der Waals surface area contributed by atoms with Crippen molar-refractivity contribution >= 4 is 39.5 Å². The third-order valence-electron chi connectivity index (χ3n) is 4.97. The topological polar surface area (TPSA) is 90.1 Å². The molecule has 8 nitrogen and oxygen atoms in total. The molecule has 0 bridgehead atoms. The summed E-state index contributed by atoms with van der Waals surface area (Å²) in [5.74, 6) is 2.70. The first kappa shape index (κ1) is 18.7. The number of H-pyrrole nitrogens is 1. The molecule has 0 saturated carbocycles. The van der Waals surface area contributed by atoms with E-state index in [0.717, 1.165) is 33.3 Å². The number of hydrogen-bond donors (Lipinski definition) is 1. The molecule has 0 saturated heterocycles. The predicted octanol–water partition coefficient (Wildman–Crippen LogP) is 3.63. The molecule has 152 valence electrons. The smallest absolute Gasteiger partial charge is 0.262 e. The van der Waals surface area contributed by atoms with Gasteiger partial charge in [0.2, 0.25) is 5.78 Å². The van der Waals surface area contributed by atoms with Crippen LogP contribution in [0.25, 0.3) is 27.7 Å². The van der Waals surface area contributed by atoms with Crippen LogP contribution in [-0.4, -0.2) is 35.7 Å². The van der Waals surface area contributed by atoms with Gasteiger partial charge in [-0.15, -0.1) is 10.2 Å². The fourth-order valence-electron chi connectivity index (χ4n) is 3.62. The van der Waals surface area contributed by atoms with E-state index >= 15 is 0 Å². The lowest BCUT2D eigenvalue weighted by Gasteiger charge is -2.09. The average Bonchev–Trinajstić information content (AvgIpc) is 3.36. The van der Waals surface area contributed by atoms with Crippen LogP contribution < -0.4 is 10.3 Å². The minimum atomic E-state index is -0.0467. The summed E-state index contributed by atoms with van der Waals surface area (Å²) in [5, 5.41) is 10.1. The number of fused-ring (bicyclic) bond motifs is 4. The fourth-order valence-corrected chi connectivity index (χ4v) is 4.41. The van der Waals surface area contributed by atoms with E-state index in [4.69, 9.17) is 4.74 Å². The summed E-state index contributed by atoms with van der Waals surface area (Å²) in [6.07, 6.45) is 0. The standard InChI is InChI=1S/C21H20N6O2S/c1-3-26-19(28)14-7-5-6-8-17(14)27-18(24-25-21(26)27)12-30-20-22-15-10-9-13(29-4-2)11-16(15)23-20/h5-11H,3-4,12H2,1-2H3,(H,22,23). The van der Waals surface area contributed by atoms with E-state index in [1.165, 1.54) is 0 Å². The van der Waals surface area contributed by atoms with Gasteiger partial charge in [-0.05, 0) is 38.1 Å². The third-order valence-corrected chi connectivity index (χ3v) is 5.84. The highest BCUT2D eigenvalue weighted by molar-refractivity contribution is 7.98. The van der Waals surface area contributed by atoms with Gasteiger partial charge in [0, 0.05) is 12.6 Å². The molecule has 5 aromatic rings. The first-order valence-corrected chi connectivity index (χ1v) is 10.8. The monoisotopic (exact) mass is 420 g/mol. The first-order chi connectivity index (χ1) is 14.7. The number of nitrogens with one attached hydrogen (secondary N) is 1. The summed E-state index contributed by atoms with van der Waals surface area (Å²) in [5.41, 5.74) is 2.58. The summed E-state index contributed by atoms with van der Waals surface area (Å²) in [4.78, 5) is 20.8. The van der Waals surface area contributed by atoms with E-state index in [2.05, 4.69) is 20.2 Å². The van der Waals surface area contributed by atoms with Crippen LogP contribution in [0.3, 0.4) is 0 Å². The highest BCUT2D eigenvalue weighted by atomic mass is 32.2. The number of para-hydroxylation sites is 1. The highest BCUT2D eigenvalue weighted by Crippen LogP contribution is 2.26. The Morgan fingerprint density at radius 3 is 2.83 bits per heavy atom. The van der Waals surface area contributed by atoms with Crippen molar-refractivity contribution in [1.29, 1.82) is 0 Å². The Labute approximate surface area is 175 Å². The quantitative estimate of drug-likeness (QED) is 0.422. The minimum absolute atomic E-state index is 0.0467. The van der Waals surface area contributed by atoms with Crippen molar-refractivity contribution in [2.75, 3.05) is 6.61 Å². The van der Waals surface area contributed by atoms with Gasteiger partial charge in [-0.25, -0.2) is 4.98 Å². The molecule has 3 heterocycles. The Balaban J connectivity index is 1.52. The first-order valence-electron chi connectivity index (χ1n) is 9.80. The summed E-state index contributed by atoms with van der Waals surface area (Å²) in [6.45, 7) is 5.05. The number of aromatic nitrogens is 6. The van der Waals surface area contributed by atoms with Gasteiger partial charge in [-0.3, -0.25) is 13.8 Å². The van der Waals surface area contributed by atoms with Crippen molar-refractivity contribution in [3.05, 3.63) is 58.6 Å². The molecule has 0 aliphatic rings. The molecule has 30 heavy (non-hydrogen) atoms. The van der Waals surface area contributed by atoms with Gasteiger partial charge in [0.25, 0.3) is 5.56 Å². The Hall–Kier alpha value is -3.33. The Kier molecular flexibility index (Phi) is 4.66. The number of imidazole rings is 1. The van der Waals surface area contributed by atoms with Gasteiger partial charge in [0.15, 0.2) is 5.16 Å². The SMILES string of the molecule is CCOc1ccc2nc(SCc3nnc4n(CC)c(=O)c5ccccc5n34)[nH]c2c1. The molecule has 5 rings (SSSR count). The second-order valence-electron chi connectivity index (χ2n) is 6.76. The molecule has 0 amide bonds. The number of aryl methyl sites for hydroxylation is 1. The summed E-state index contributed by atoms with van der Waals surface area (Å²) in [6, 6.07) is 13.4. The Morgan fingerprint density at radius 2 is 2.00 bits per heavy atom. The second-order valence-corrected chi connectivity index (χ2v) is 7.72. The van der Waals surface area contributed by atoms with Gasteiger partial charge >= 0.3 is 0 Å². The number of thioether (sulfide) groups is 1. The largest absolute Gasteiger partial charge is 0.494 e. The van der Waals surface area contributed by atoms with Crippen LogP contribution in [0.4, 0.5) is 0 Å². The molecular formula is C21H20N6O2S. The number of rotatable bonds is 6. The lowest BCUT2D eigenvalue weighted by Crippen LogP contribution is -2.22. The van der Waals surface area contributed by atoms with Crippen LogP contribution >= 0.6 is 11.8 Å². The average molecular weight is 420 g/mol. The van der Waals surface area contributed by atoms with Crippen molar-refractivity contribution in [1.82, 2.24) is 29.1 Å². The molecule has 0 unspecified atom stereocenters. The van der Waals surface area contributed by atoms with Gasteiger partial charge in [0.05, 0.1) is 34.3 Å². The van der Waals surface area contributed by atoms with Crippen LogP contribution in [0.1, 0.15) is 19.7 Å². The van der Waals surface area contributed by atoms with Crippen molar-refractivity contribution in [3.63, 3.8) is 0 Å². The maximum atomic E-state index is 12.8. The summed E-state index contributed by atoms with van der Waals surface area (Å²) < 4.78 is 9.17. The maximum absolute atomic E-state index is 12.8. The zero-order valence-electron chi connectivity index (χ0n) is 16.6. The molecule has 1 N–H and O–H groups in total. The zero-order chi connectivity index (χ0) is 20.7. The Morgan fingerprint density at radius 1 is 1.13 bits per heavy atom. The third kappa shape index (κ3) is 3.02. The second kappa shape index (κ2) is 7.49. The van der Waals surface area contributed by atoms with E-state index < -0.39 is 0 Å². The lowest BCUT2D eigenvalue weighted by molar-refractivity contribution is 0.340. The molecule has 0 spiro atoms. The Bertz CT molecular complexity index is 1430. The van der Waals surface area contributed by atoms with Crippen LogP contribution in [0.5, 0.6) is 5.75 Å². The van der Waals surface area contributed by atoms with E-state index in [0.29, 0.717) is 30.1 Å². The van der Waals surface area contributed by atoms with Gasteiger partial charge in [-0.2, -0.15) is 0 Å². The van der Waals surface area contributed by atoms with Crippen molar-refractivity contribution in [2.24, 2.45) is 0 Å². The van der Waals surface area contributed by atoms with Crippen LogP contribution in [0.2, 0.25) is 0 Å². The van der Waals surface area contributed by atoms with Crippen LogP contribution in [0.15, 0.2) is 52.4 Å². The molecule has 0 radical (unpaired) electrons. The number of benzene rings is 2. The van der Waals surface area contributed by atoms with E-state index in [1.54, 1.807) is 16.3 Å². The van der Waals surface area contributed by atoms with Crippen molar-refractivity contribution in [2.45, 2.75) is 31.3 Å². The highest BCUT2D eigenvalue weighted by Gasteiger charge is 2.16. The molecule has 3 aromatic heterocycles. The number of aromatic amines is 1. The lowest BCUT2D eigenvalue weighted by atomic mass is 10.2. The fraction of sp³-hybridized carbons (Fsp3) is 0.238. The van der Waals surface area contributed by atoms with Crippen LogP contribution in [-0.2, 0) is 12.3 Å². The summed E-state index contributed by atoms with van der Waals surface area (Å²) >= 11 is 1.55. The molecule has 0 fully saturated rings. The number of nitrogens with zero attached hydrogens (tertiary/aromatic N) is 5. The number of hydrogen-bond acceptors (Lipinski definition) is 6. The van der Waals surface area contributed by atoms with E-state index in [1.807, 2.05) is 60.7 Å². The molecule has 2 aromatic carbocycles. The van der Waals surface area contributed by atoms with Gasteiger partial charge in [-0.1, -0.05) is 23.9 Å². The molecule has 9 heteroatoms. The van der Waals surface area contributed by atoms with Crippen LogP contribution in [0, 0.1) is 0 Å². The molecule has 0 aliphatic heterocycles.